The first-order chi connectivity index (χ1) is 9.09. The molecule has 4 nitrogen and oxygen atoms in total. The Balaban J connectivity index is 2.58. The van der Waals surface area contributed by atoms with Crippen LogP contribution in [0.5, 0.6) is 11.5 Å². The predicted octanol–water partition coefficient (Wildman–Crippen LogP) is 2.54. The van der Waals surface area contributed by atoms with Crippen molar-refractivity contribution in [2.24, 2.45) is 0 Å². The summed E-state index contributed by atoms with van der Waals surface area (Å²) in [6.45, 7) is 0. The monoisotopic (exact) mass is 278 g/mol. The van der Waals surface area contributed by atoms with Gasteiger partial charge in [-0.1, -0.05) is 18.2 Å². The zero-order chi connectivity index (χ0) is 13.9. The smallest absolute Gasteiger partial charge is 0.210 e. The highest BCUT2D eigenvalue weighted by Crippen LogP contribution is 2.30. The number of sulfone groups is 1. The maximum Gasteiger partial charge on any atom is 0.210 e. The van der Waals surface area contributed by atoms with Crippen molar-refractivity contribution in [3.63, 3.8) is 0 Å². The summed E-state index contributed by atoms with van der Waals surface area (Å²) in [6.07, 6.45) is 0. The van der Waals surface area contributed by atoms with Crippen LogP contribution in [0.1, 0.15) is 0 Å². The van der Waals surface area contributed by atoms with Crippen LogP contribution in [-0.2, 0) is 9.84 Å². The molecule has 5 heteroatoms. The maximum absolute atomic E-state index is 12.5. The second kappa shape index (κ2) is 5.32. The van der Waals surface area contributed by atoms with Crippen LogP contribution in [0.4, 0.5) is 0 Å². The fourth-order valence-corrected chi connectivity index (χ4v) is 3.19. The van der Waals surface area contributed by atoms with Gasteiger partial charge in [0, 0.05) is 0 Å². The van der Waals surface area contributed by atoms with Gasteiger partial charge in [-0.15, -0.1) is 0 Å². The summed E-state index contributed by atoms with van der Waals surface area (Å²) in [5.41, 5.74) is 0. The Hall–Kier alpha value is -2.01. The van der Waals surface area contributed by atoms with Gasteiger partial charge in [0.25, 0.3) is 0 Å². The van der Waals surface area contributed by atoms with Crippen molar-refractivity contribution < 1.29 is 17.9 Å². The summed E-state index contributed by atoms with van der Waals surface area (Å²) < 4.78 is 35.2. The van der Waals surface area contributed by atoms with Crippen molar-refractivity contribution in [2.75, 3.05) is 14.2 Å². The van der Waals surface area contributed by atoms with Crippen molar-refractivity contribution in [1.82, 2.24) is 0 Å². The second-order valence-corrected chi connectivity index (χ2v) is 5.75. The molecule has 0 bridgehead atoms. The minimum Gasteiger partial charge on any atom is -0.497 e. The van der Waals surface area contributed by atoms with E-state index in [0.717, 1.165) is 0 Å². The van der Waals surface area contributed by atoms with Crippen molar-refractivity contribution in [3.8, 4) is 11.5 Å². The summed E-state index contributed by atoms with van der Waals surface area (Å²) in [6, 6.07) is 12.9. The van der Waals surface area contributed by atoms with Gasteiger partial charge < -0.3 is 9.47 Å². The molecule has 0 spiro atoms. The van der Waals surface area contributed by atoms with Crippen LogP contribution in [0.3, 0.4) is 0 Å². The van der Waals surface area contributed by atoms with Crippen molar-refractivity contribution in [3.05, 3.63) is 48.5 Å². The van der Waals surface area contributed by atoms with E-state index in [9.17, 15) is 8.42 Å². The number of hydrogen-bond donors (Lipinski definition) is 0. The summed E-state index contributed by atoms with van der Waals surface area (Å²) in [4.78, 5) is 0.321. The van der Waals surface area contributed by atoms with E-state index >= 15 is 0 Å². The number of para-hydroxylation sites is 1. The number of ether oxygens (including phenoxy) is 2. The van der Waals surface area contributed by atoms with Crippen LogP contribution >= 0.6 is 0 Å². The average molecular weight is 278 g/mol. The first kappa shape index (κ1) is 13.4. The quantitative estimate of drug-likeness (QED) is 0.862. The Labute approximate surface area is 112 Å². The Bertz CT molecular complexity index is 677. The van der Waals surface area contributed by atoms with Gasteiger partial charge in [0.1, 0.15) is 16.4 Å². The van der Waals surface area contributed by atoms with Gasteiger partial charge in [0.2, 0.25) is 9.84 Å². The van der Waals surface area contributed by atoms with E-state index in [1.165, 1.54) is 32.4 Å². The molecule has 0 fully saturated rings. The molecule has 19 heavy (non-hydrogen) atoms. The number of methoxy groups -OCH3 is 2. The van der Waals surface area contributed by atoms with E-state index in [0.29, 0.717) is 11.5 Å². The van der Waals surface area contributed by atoms with E-state index < -0.39 is 9.84 Å². The van der Waals surface area contributed by atoms with Crippen LogP contribution in [-0.4, -0.2) is 22.6 Å². The topological polar surface area (TPSA) is 52.6 Å². The number of benzene rings is 2. The maximum atomic E-state index is 12.5. The summed E-state index contributed by atoms with van der Waals surface area (Å²) in [5, 5.41) is 0. The third-order valence-corrected chi connectivity index (χ3v) is 4.50. The van der Waals surface area contributed by atoms with Crippen molar-refractivity contribution in [1.29, 1.82) is 0 Å². The van der Waals surface area contributed by atoms with E-state index in [2.05, 4.69) is 0 Å². The van der Waals surface area contributed by atoms with E-state index in [4.69, 9.17) is 9.47 Å². The molecule has 0 unspecified atom stereocenters. The molecule has 2 aromatic rings. The van der Waals surface area contributed by atoms with Gasteiger partial charge in [-0.05, 0) is 30.3 Å². The lowest BCUT2D eigenvalue weighted by Crippen LogP contribution is -2.04. The molecule has 0 aromatic heterocycles. The molecule has 0 amide bonds. The summed E-state index contributed by atoms with van der Waals surface area (Å²) in [7, 11) is -0.680. The fourth-order valence-electron chi connectivity index (χ4n) is 1.74. The molecule has 100 valence electrons. The van der Waals surface area contributed by atoms with Gasteiger partial charge in [0.05, 0.1) is 19.1 Å². The molecule has 0 heterocycles. The Morgan fingerprint density at radius 3 is 2.32 bits per heavy atom. The lowest BCUT2D eigenvalue weighted by atomic mass is 10.3. The van der Waals surface area contributed by atoms with Gasteiger partial charge in [-0.2, -0.15) is 0 Å². The minimum absolute atomic E-state index is 0.144. The van der Waals surface area contributed by atoms with Crippen LogP contribution in [0.25, 0.3) is 0 Å². The Kier molecular flexibility index (Phi) is 3.76. The van der Waals surface area contributed by atoms with Gasteiger partial charge in [-0.3, -0.25) is 0 Å². The zero-order valence-electron chi connectivity index (χ0n) is 10.7. The van der Waals surface area contributed by atoms with Crippen LogP contribution in [0.15, 0.2) is 58.3 Å². The SMILES string of the molecule is COc1cccc(S(=O)(=O)c2ccccc2OC)c1. The molecular formula is C14H14O4S. The van der Waals surface area contributed by atoms with Crippen LogP contribution in [0, 0.1) is 0 Å². The molecule has 2 aromatic carbocycles. The normalized spacial score (nSPS) is 11.1. The van der Waals surface area contributed by atoms with Crippen LogP contribution in [0.2, 0.25) is 0 Å². The molecule has 0 saturated carbocycles. The zero-order valence-corrected chi connectivity index (χ0v) is 11.5. The molecule has 0 N–H and O–H groups in total. The Morgan fingerprint density at radius 1 is 0.895 bits per heavy atom. The molecule has 0 aliphatic heterocycles. The summed E-state index contributed by atoms with van der Waals surface area (Å²) >= 11 is 0. The summed E-state index contributed by atoms with van der Waals surface area (Å²) in [5.74, 6) is 0.821. The van der Waals surface area contributed by atoms with Gasteiger partial charge in [0.15, 0.2) is 0 Å². The minimum atomic E-state index is -3.62. The second-order valence-electron chi connectivity index (χ2n) is 3.83. The number of hydrogen-bond acceptors (Lipinski definition) is 4. The molecule has 0 aliphatic carbocycles. The lowest BCUT2D eigenvalue weighted by Gasteiger charge is -2.10. The van der Waals surface area contributed by atoms with Gasteiger partial charge in [-0.25, -0.2) is 8.42 Å². The third-order valence-electron chi connectivity index (χ3n) is 2.71. The first-order valence-electron chi connectivity index (χ1n) is 5.62. The largest absolute Gasteiger partial charge is 0.497 e. The first-order valence-corrected chi connectivity index (χ1v) is 7.10. The lowest BCUT2D eigenvalue weighted by molar-refractivity contribution is 0.402. The van der Waals surface area contributed by atoms with Crippen molar-refractivity contribution in [2.45, 2.75) is 9.79 Å². The third kappa shape index (κ3) is 2.56. The van der Waals surface area contributed by atoms with Crippen molar-refractivity contribution >= 4 is 9.84 Å². The average Bonchev–Trinajstić information content (AvgIpc) is 2.47. The molecule has 2 rings (SSSR count). The highest BCUT2D eigenvalue weighted by atomic mass is 32.2. The molecular weight excluding hydrogens is 264 g/mol. The molecule has 0 aliphatic rings. The standard InChI is InChI=1S/C14H14O4S/c1-17-11-6-5-7-12(10-11)19(15,16)14-9-4-3-8-13(14)18-2/h3-10H,1-2H3. The van der Waals surface area contributed by atoms with Gasteiger partial charge >= 0.3 is 0 Å². The number of rotatable bonds is 4. The van der Waals surface area contributed by atoms with E-state index in [1.54, 1.807) is 30.3 Å². The molecule has 0 atom stereocenters. The highest BCUT2D eigenvalue weighted by molar-refractivity contribution is 7.91. The predicted molar refractivity (Wildman–Crippen MR) is 71.4 cm³/mol. The Morgan fingerprint density at radius 2 is 1.63 bits per heavy atom. The highest BCUT2D eigenvalue weighted by Gasteiger charge is 2.22. The van der Waals surface area contributed by atoms with Crippen LogP contribution < -0.4 is 9.47 Å². The van der Waals surface area contributed by atoms with E-state index in [1.807, 2.05) is 0 Å². The fraction of sp³-hybridized carbons (Fsp3) is 0.143. The van der Waals surface area contributed by atoms with E-state index in [-0.39, 0.29) is 9.79 Å². The molecule has 0 radical (unpaired) electrons. The molecule has 0 saturated heterocycles.